The molecule has 1 aromatic rings. The second-order valence-corrected chi connectivity index (χ2v) is 7.47. The van der Waals surface area contributed by atoms with Crippen molar-refractivity contribution in [3.8, 4) is 0 Å². The van der Waals surface area contributed by atoms with Crippen LogP contribution in [0, 0.1) is 0 Å². The van der Waals surface area contributed by atoms with E-state index in [-0.39, 0.29) is 6.61 Å². The third kappa shape index (κ3) is 6.46. The molecule has 2 rings (SSSR count). The van der Waals surface area contributed by atoms with Crippen molar-refractivity contribution in [3.63, 3.8) is 0 Å². The van der Waals surface area contributed by atoms with Gasteiger partial charge in [0.15, 0.2) is 0 Å². The van der Waals surface area contributed by atoms with E-state index in [1.54, 1.807) is 6.20 Å². The van der Waals surface area contributed by atoms with Gasteiger partial charge >= 0.3 is 0 Å². The Labute approximate surface area is 144 Å². The molecule has 7 nitrogen and oxygen atoms in total. The van der Waals surface area contributed by atoms with E-state index in [0.29, 0.717) is 0 Å². The summed E-state index contributed by atoms with van der Waals surface area (Å²) in [5.74, 6) is 0. The molecule has 0 saturated carbocycles. The molecule has 0 atom stereocenters. The van der Waals surface area contributed by atoms with Gasteiger partial charge in [-0.2, -0.15) is 8.42 Å². The topological polar surface area (TPSA) is 76.8 Å². The van der Waals surface area contributed by atoms with Crippen LogP contribution in [0.5, 0.6) is 0 Å². The van der Waals surface area contributed by atoms with Crippen molar-refractivity contribution in [2.45, 2.75) is 32.1 Å². The minimum atomic E-state index is -3.30. The zero-order valence-electron chi connectivity index (χ0n) is 14.3. The average molecular weight is 353 g/mol. The molecule has 1 aromatic heterocycles. The van der Waals surface area contributed by atoms with Crippen molar-refractivity contribution in [3.05, 3.63) is 41.8 Å². The Kier molecular flexibility index (Phi) is 7.01. The zero-order valence-corrected chi connectivity index (χ0v) is 15.1. The Morgan fingerprint density at radius 3 is 2.67 bits per heavy atom. The number of aromatic nitrogens is 1. The van der Waals surface area contributed by atoms with Gasteiger partial charge < -0.3 is 15.6 Å². The van der Waals surface area contributed by atoms with E-state index in [1.807, 2.05) is 41.6 Å². The Balaban J connectivity index is 1.61. The summed E-state index contributed by atoms with van der Waals surface area (Å²) in [5, 5.41) is 3.81. The summed E-state index contributed by atoms with van der Waals surface area (Å²) in [6.07, 6.45) is 11.7. The van der Waals surface area contributed by atoms with Crippen LogP contribution in [0.1, 0.15) is 37.7 Å². The third-order valence-electron chi connectivity index (χ3n) is 3.66. The Morgan fingerprint density at radius 1 is 1.21 bits per heavy atom. The molecule has 2 heterocycles. The molecule has 0 aliphatic carbocycles. The molecule has 8 heteroatoms. The summed E-state index contributed by atoms with van der Waals surface area (Å²) in [5.41, 5.74) is 6.58. The van der Waals surface area contributed by atoms with Crippen LogP contribution in [0.4, 0.5) is 0 Å². The minimum Gasteiger partial charge on any atom is -0.475 e. The molecule has 1 aliphatic rings. The number of pyridine rings is 1. The van der Waals surface area contributed by atoms with Gasteiger partial charge in [0.1, 0.15) is 0 Å². The van der Waals surface area contributed by atoms with Crippen LogP contribution >= 0.6 is 0 Å². The minimum absolute atomic E-state index is 0.280. The molecule has 0 amide bonds. The predicted octanol–water partition coefficient (Wildman–Crippen LogP) is 2.76. The number of hydrogen-bond acceptors (Lipinski definition) is 6. The SMILES string of the molecule is CN1[N-]N(CCCCCCCOS(C)(=O)=O)C=C1c1cccnc1. The lowest BCUT2D eigenvalue weighted by Gasteiger charge is -2.37. The van der Waals surface area contributed by atoms with Gasteiger partial charge in [-0.15, -0.1) is 0 Å². The smallest absolute Gasteiger partial charge is 0.264 e. The van der Waals surface area contributed by atoms with Crippen LogP contribution in [-0.4, -0.2) is 49.9 Å². The molecule has 0 aromatic carbocycles. The highest BCUT2D eigenvalue weighted by Gasteiger charge is 2.09. The van der Waals surface area contributed by atoms with Crippen LogP contribution in [0.3, 0.4) is 0 Å². The van der Waals surface area contributed by atoms with E-state index in [9.17, 15) is 8.42 Å². The first-order valence-corrected chi connectivity index (χ1v) is 9.96. The van der Waals surface area contributed by atoms with Gasteiger partial charge in [-0.05, 0) is 32.0 Å². The average Bonchev–Trinajstić information content (AvgIpc) is 2.90. The lowest BCUT2D eigenvalue weighted by Crippen LogP contribution is -2.14. The Morgan fingerprint density at radius 2 is 1.96 bits per heavy atom. The summed E-state index contributed by atoms with van der Waals surface area (Å²) < 4.78 is 26.3. The van der Waals surface area contributed by atoms with Crippen LogP contribution < -0.4 is 0 Å². The van der Waals surface area contributed by atoms with E-state index < -0.39 is 10.1 Å². The monoisotopic (exact) mass is 353 g/mol. The first kappa shape index (κ1) is 18.7. The fourth-order valence-corrected chi connectivity index (χ4v) is 2.89. The van der Waals surface area contributed by atoms with Gasteiger partial charge in [0.25, 0.3) is 10.1 Å². The summed E-state index contributed by atoms with van der Waals surface area (Å²) in [6.45, 7) is 1.15. The van der Waals surface area contributed by atoms with Crippen LogP contribution in [-0.2, 0) is 14.3 Å². The standard InChI is InChI=1S/C16H25N4O3S/c1-19-16(15-9-8-10-17-13-15)14-20(18-19)11-6-4-3-5-7-12-23-24(2,21)22/h8-10,13-14H,3-7,11-12H2,1-2H3/q-1. The number of hydrogen-bond donors (Lipinski definition) is 0. The molecule has 0 spiro atoms. The van der Waals surface area contributed by atoms with Crippen molar-refractivity contribution in [1.29, 1.82) is 0 Å². The van der Waals surface area contributed by atoms with Gasteiger partial charge in [-0.25, -0.2) is 0 Å². The molecule has 0 N–H and O–H groups in total. The van der Waals surface area contributed by atoms with Crippen LogP contribution in [0.2, 0.25) is 0 Å². The normalized spacial score (nSPS) is 15.0. The molecule has 0 bridgehead atoms. The lowest BCUT2D eigenvalue weighted by molar-refractivity contribution is 0.308. The molecule has 0 saturated heterocycles. The molecule has 134 valence electrons. The number of unbranched alkanes of at least 4 members (excludes halogenated alkanes) is 4. The van der Waals surface area contributed by atoms with Crippen molar-refractivity contribution in [2.24, 2.45) is 0 Å². The van der Waals surface area contributed by atoms with Gasteiger partial charge in [0.2, 0.25) is 0 Å². The number of rotatable bonds is 10. The van der Waals surface area contributed by atoms with E-state index in [2.05, 4.69) is 10.5 Å². The fraction of sp³-hybridized carbons (Fsp3) is 0.562. The number of nitrogens with zero attached hydrogens (tertiary/aromatic N) is 4. The third-order valence-corrected chi connectivity index (χ3v) is 4.25. The van der Waals surface area contributed by atoms with Crippen LogP contribution in [0.15, 0.2) is 30.7 Å². The van der Waals surface area contributed by atoms with E-state index >= 15 is 0 Å². The Hall–Kier alpha value is -1.64. The first-order valence-electron chi connectivity index (χ1n) is 8.14. The largest absolute Gasteiger partial charge is 0.475 e. The summed E-state index contributed by atoms with van der Waals surface area (Å²) in [4.78, 5) is 4.14. The van der Waals surface area contributed by atoms with Crippen molar-refractivity contribution in [2.75, 3.05) is 26.5 Å². The van der Waals surface area contributed by atoms with Crippen molar-refractivity contribution < 1.29 is 12.6 Å². The lowest BCUT2D eigenvalue weighted by atomic mass is 10.1. The predicted molar refractivity (Wildman–Crippen MR) is 93.9 cm³/mol. The first-order chi connectivity index (χ1) is 11.5. The highest BCUT2D eigenvalue weighted by atomic mass is 32.2. The maximum absolute atomic E-state index is 10.8. The molecular formula is C16H25N4O3S-. The summed E-state index contributed by atoms with van der Waals surface area (Å²) in [7, 11) is -1.37. The quantitative estimate of drug-likeness (QED) is 0.475. The zero-order chi connectivity index (χ0) is 17.4. The molecule has 0 unspecified atom stereocenters. The molecular weight excluding hydrogens is 328 g/mol. The van der Waals surface area contributed by atoms with Gasteiger partial charge in [-0.3, -0.25) is 9.17 Å². The van der Waals surface area contributed by atoms with Gasteiger partial charge in [0.05, 0.1) is 12.9 Å². The molecule has 0 fully saturated rings. The fourth-order valence-electron chi connectivity index (χ4n) is 2.47. The van der Waals surface area contributed by atoms with Gasteiger partial charge in [0, 0.05) is 36.4 Å². The van der Waals surface area contributed by atoms with E-state index in [1.165, 1.54) is 0 Å². The molecule has 0 radical (unpaired) electrons. The van der Waals surface area contributed by atoms with E-state index in [0.717, 1.165) is 56.2 Å². The maximum Gasteiger partial charge on any atom is 0.264 e. The second kappa shape index (κ2) is 9.00. The molecule has 1 aliphatic heterocycles. The van der Waals surface area contributed by atoms with Crippen molar-refractivity contribution >= 4 is 15.8 Å². The van der Waals surface area contributed by atoms with Crippen molar-refractivity contribution in [1.82, 2.24) is 15.0 Å². The summed E-state index contributed by atoms with van der Waals surface area (Å²) in [6, 6.07) is 3.94. The highest BCUT2D eigenvalue weighted by molar-refractivity contribution is 7.85. The maximum atomic E-state index is 10.8. The second-order valence-electron chi connectivity index (χ2n) is 5.83. The Bertz CT molecular complexity index is 634. The highest BCUT2D eigenvalue weighted by Crippen LogP contribution is 2.28. The molecule has 24 heavy (non-hydrogen) atoms. The van der Waals surface area contributed by atoms with E-state index in [4.69, 9.17) is 4.18 Å². The summed E-state index contributed by atoms with van der Waals surface area (Å²) >= 11 is 0. The van der Waals surface area contributed by atoms with Crippen LogP contribution in [0.25, 0.3) is 11.2 Å². The van der Waals surface area contributed by atoms with Gasteiger partial charge in [-0.1, -0.05) is 19.3 Å².